The number of carbonyl (C=O) groups is 1. The van der Waals surface area contributed by atoms with Crippen molar-refractivity contribution < 1.29 is 9.53 Å². The van der Waals surface area contributed by atoms with E-state index >= 15 is 0 Å². The van der Waals surface area contributed by atoms with Gasteiger partial charge in [-0.1, -0.05) is 6.42 Å². The van der Waals surface area contributed by atoms with Crippen LogP contribution < -0.4 is 4.74 Å². The molecule has 114 valence electrons. The maximum absolute atomic E-state index is 12.5. The second kappa shape index (κ2) is 6.74. The molecule has 0 aromatic heterocycles. The van der Waals surface area contributed by atoms with E-state index in [1.165, 1.54) is 0 Å². The van der Waals surface area contributed by atoms with Gasteiger partial charge in [0, 0.05) is 25.6 Å². The number of Topliss-reactive ketones (excluding diaryl/α,β-unsaturated/α-hetero) is 1. The standard InChI is InChI=1S/C17H24N2O2/c1-5-19(3)11-18-15-10-16(21-4)14(9-12(15)2)17(20)13-7-6-8-13/h9-11,13H,5-8H2,1-4H3. The van der Waals surface area contributed by atoms with Gasteiger partial charge in [0.1, 0.15) is 5.75 Å². The van der Waals surface area contributed by atoms with Crippen molar-refractivity contribution in [3.05, 3.63) is 23.3 Å². The van der Waals surface area contributed by atoms with Gasteiger partial charge >= 0.3 is 0 Å². The molecule has 1 aliphatic carbocycles. The van der Waals surface area contributed by atoms with Gasteiger partial charge in [-0.15, -0.1) is 0 Å². The molecule has 1 fully saturated rings. The number of carbonyl (C=O) groups excluding carboxylic acids is 1. The van der Waals surface area contributed by atoms with E-state index in [1.54, 1.807) is 13.4 Å². The molecule has 1 saturated carbocycles. The highest BCUT2D eigenvalue weighted by Gasteiger charge is 2.28. The maximum Gasteiger partial charge on any atom is 0.169 e. The Morgan fingerprint density at radius 3 is 2.71 bits per heavy atom. The molecule has 0 N–H and O–H groups in total. The molecule has 0 unspecified atom stereocenters. The fraction of sp³-hybridized carbons (Fsp3) is 0.529. The summed E-state index contributed by atoms with van der Waals surface area (Å²) in [5, 5.41) is 0. The van der Waals surface area contributed by atoms with Crippen LogP contribution in [0.1, 0.15) is 42.1 Å². The van der Waals surface area contributed by atoms with Gasteiger partial charge in [0.05, 0.1) is 24.7 Å². The Hall–Kier alpha value is -1.84. The molecular formula is C17H24N2O2. The van der Waals surface area contributed by atoms with Crippen LogP contribution in [0.4, 0.5) is 5.69 Å². The molecule has 0 radical (unpaired) electrons. The summed E-state index contributed by atoms with van der Waals surface area (Å²) in [6.45, 7) is 4.95. The predicted octanol–water partition coefficient (Wildman–Crippen LogP) is 3.60. The summed E-state index contributed by atoms with van der Waals surface area (Å²) in [4.78, 5) is 18.9. The molecule has 0 aliphatic heterocycles. The van der Waals surface area contributed by atoms with Gasteiger partial charge in [0.2, 0.25) is 0 Å². The average Bonchev–Trinajstić information content (AvgIpc) is 2.43. The highest BCUT2D eigenvalue weighted by molar-refractivity contribution is 6.01. The lowest BCUT2D eigenvalue weighted by Crippen LogP contribution is -2.22. The molecule has 0 atom stereocenters. The lowest BCUT2D eigenvalue weighted by molar-refractivity contribution is 0.0852. The number of rotatable bonds is 6. The van der Waals surface area contributed by atoms with Crippen molar-refractivity contribution in [2.24, 2.45) is 10.9 Å². The normalized spacial score (nSPS) is 15.0. The van der Waals surface area contributed by atoms with Crippen LogP contribution in [0.15, 0.2) is 17.1 Å². The first-order valence-electron chi connectivity index (χ1n) is 7.54. The fourth-order valence-corrected chi connectivity index (χ4v) is 2.31. The summed E-state index contributed by atoms with van der Waals surface area (Å²) >= 11 is 0. The first-order chi connectivity index (χ1) is 10.1. The van der Waals surface area contributed by atoms with Gasteiger partial charge in [-0.25, -0.2) is 4.99 Å². The van der Waals surface area contributed by atoms with E-state index in [2.05, 4.69) is 11.9 Å². The molecule has 4 nitrogen and oxygen atoms in total. The highest BCUT2D eigenvalue weighted by atomic mass is 16.5. The zero-order valence-electron chi connectivity index (χ0n) is 13.3. The van der Waals surface area contributed by atoms with Crippen LogP contribution in [-0.4, -0.2) is 37.7 Å². The van der Waals surface area contributed by atoms with Gasteiger partial charge in [0.25, 0.3) is 0 Å². The number of ether oxygens (including phenoxy) is 1. The third-order valence-corrected chi connectivity index (χ3v) is 4.15. The topological polar surface area (TPSA) is 41.9 Å². The van der Waals surface area contributed by atoms with Gasteiger partial charge < -0.3 is 9.64 Å². The minimum atomic E-state index is 0.180. The number of methoxy groups -OCH3 is 1. The number of ketones is 1. The van der Waals surface area contributed by atoms with Crippen molar-refractivity contribution in [3.8, 4) is 5.75 Å². The largest absolute Gasteiger partial charge is 0.496 e. The number of benzene rings is 1. The first-order valence-corrected chi connectivity index (χ1v) is 7.54. The summed E-state index contributed by atoms with van der Waals surface area (Å²) in [6.07, 6.45) is 4.96. The zero-order chi connectivity index (χ0) is 15.4. The van der Waals surface area contributed by atoms with Crippen LogP contribution in [0.25, 0.3) is 0 Å². The quantitative estimate of drug-likeness (QED) is 0.456. The number of aliphatic imine (C=N–C) groups is 1. The smallest absolute Gasteiger partial charge is 0.169 e. The van der Waals surface area contributed by atoms with Crippen molar-refractivity contribution in [2.75, 3.05) is 20.7 Å². The summed E-state index contributed by atoms with van der Waals surface area (Å²) < 4.78 is 5.41. The summed E-state index contributed by atoms with van der Waals surface area (Å²) in [6, 6.07) is 3.78. The SMILES string of the molecule is CCN(C)C=Nc1cc(OC)c(C(=O)C2CCC2)cc1C. The lowest BCUT2D eigenvalue weighted by atomic mass is 9.79. The number of nitrogens with zero attached hydrogens (tertiary/aromatic N) is 2. The monoisotopic (exact) mass is 288 g/mol. The summed E-state index contributed by atoms with van der Waals surface area (Å²) in [5.41, 5.74) is 2.54. The number of hydrogen-bond acceptors (Lipinski definition) is 3. The van der Waals surface area contributed by atoms with Crippen molar-refractivity contribution in [1.82, 2.24) is 4.90 Å². The maximum atomic E-state index is 12.5. The molecule has 0 saturated heterocycles. The van der Waals surface area contributed by atoms with Gasteiger partial charge in [-0.3, -0.25) is 4.79 Å². The average molecular weight is 288 g/mol. The number of aryl methyl sites for hydroxylation is 1. The molecule has 1 aliphatic rings. The van der Waals surface area contributed by atoms with Gasteiger partial charge in [-0.05, 0) is 38.3 Å². The van der Waals surface area contributed by atoms with Crippen molar-refractivity contribution >= 4 is 17.8 Å². The van der Waals surface area contributed by atoms with E-state index < -0.39 is 0 Å². The number of hydrogen-bond donors (Lipinski definition) is 0. The van der Waals surface area contributed by atoms with Crippen molar-refractivity contribution in [1.29, 1.82) is 0 Å². The van der Waals surface area contributed by atoms with Crippen LogP contribution in [0.5, 0.6) is 5.75 Å². The molecule has 1 aromatic carbocycles. The van der Waals surface area contributed by atoms with Crippen LogP contribution in [-0.2, 0) is 0 Å². The molecule has 0 bridgehead atoms. The lowest BCUT2D eigenvalue weighted by Gasteiger charge is -2.24. The van der Waals surface area contributed by atoms with Gasteiger partial charge in [-0.2, -0.15) is 0 Å². The minimum Gasteiger partial charge on any atom is -0.496 e. The zero-order valence-corrected chi connectivity index (χ0v) is 13.3. The Morgan fingerprint density at radius 2 is 2.19 bits per heavy atom. The third-order valence-electron chi connectivity index (χ3n) is 4.15. The predicted molar refractivity (Wildman–Crippen MR) is 85.9 cm³/mol. The Balaban J connectivity index is 2.30. The van der Waals surface area contributed by atoms with E-state index in [1.807, 2.05) is 31.0 Å². The molecule has 0 amide bonds. The second-order valence-corrected chi connectivity index (χ2v) is 5.65. The summed E-state index contributed by atoms with van der Waals surface area (Å²) in [7, 11) is 3.58. The highest BCUT2D eigenvalue weighted by Crippen LogP contribution is 2.35. The minimum absolute atomic E-state index is 0.180. The molecule has 0 heterocycles. The van der Waals surface area contributed by atoms with E-state index in [0.717, 1.165) is 37.1 Å². The molecule has 21 heavy (non-hydrogen) atoms. The Kier molecular flexibility index (Phi) is 4.99. The third kappa shape index (κ3) is 3.43. The molecule has 1 aromatic rings. The molecule has 4 heteroatoms. The Bertz CT molecular complexity index is 548. The molecule has 2 rings (SSSR count). The molecule has 0 spiro atoms. The van der Waals surface area contributed by atoms with Crippen molar-refractivity contribution in [2.45, 2.75) is 33.1 Å². The van der Waals surface area contributed by atoms with Gasteiger partial charge in [0.15, 0.2) is 5.78 Å². The Labute approximate surface area is 126 Å². The van der Waals surface area contributed by atoms with Crippen LogP contribution in [0.3, 0.4) is 0 Å². The summed E-state index contributed by atoms with van der Waals surface area (Å²) in [5.74, 6) is 1.02. The van der Waals surface area contributed by atoms with Crippen LogP contribution >= 0.6 is 0 Å². The molecular weight excluding hydrogens is 264 g/mol. The van der Waals surface area contributed by atoms with E-state index in [0.29, 0.717) is 11.3 Å². The second-order valence-electron chi connectivity index (χ2n) is 5.65. The van der Waals surface area contributed by atoms with E-state index in [9.17, 15) is 4.79 Å². The van der Waals surface area contributed by atoms with E-state index in [4.69, 9.17) is 4.74 Å². The van der Waals surface area contributed by atoms with E-state index in [-0.39, 0.29) is 11.7 Å². The Morgan fingerprint density at radius 1 is 1.48 bits per heavy atom. The van der Waals surface area contributed by atoms with Crippen molar-refractivity contribution in [3.63, 3.8) is 0 Å². The first kappa shape index (κ1) is 15.5. The fourth-order valence-electron chi connectivity index (χ4n) is 2.31. The van der Waals surface area contributed by atoms with Crippen LogP contribution in [0.2, 0.25) is 0 Å². The van der Waals surface area contributed by atoms with Crippen LogP contribution in [0, 0.1) is 12.8 Å².